The summed E-state index contributed by atoms with van der Waals surface area (Å²) in [6, 6.07) is 3.29. The number of likely N-dealkylation sites (N-methyl/N-ethyl adjacent to an activating group) is 1. The second-order valence-electron chi connectivity index (χ2n) is 3.19. The van der Waals surface area contributed by atoms with Crippen molar-refractivity contribution in [2.75, 3.05) is 28.4 Å². The Kier molecular flexibility index (Phi) is 4.42. The molecule has 94 valence electrons. The van der Waals surface area contributed by atoms with Crippen LogP contribution in [0.4, 0.5) is 0 Å². The molecule has 0 bridgehead atoms. The second kappa shape index (κ2) is 5.60. The maximum Gasteiger partial charge on any atom is 0.285 e. The molecular weight excluding hydrogens is 224 g/mol. The lowest BCUT2D eigenvalue weighted by Gasteiger charge is -2.28. The Balaban J connectivity index is 3.17. The summed E-state index contributed by atoms with van der Waals surface area (Å²) >= 11 is 0. The van der Waals surface area contributed by atoms with Crippen LogP contribution in [0.2, 0.25) is 0 Å². The molecule has 1 heterocycles. The Morgan fingerprint density at radius 2 is 1.94 bits per heavy atom. The Bertz CT molecular complexity index is 374. The van der Waals surface area contributed by atoms with Gasteiger partial charge in [0, 0.05) is 39.1 Å². The van der Waals surface area contributed by atoms with Crippen LogP contribution in [-0.4, -0.2) is 39.3 Å². The lowest BCUT2D eigenvalue weighted by molar-refractivity contribution is -0.215. The molecule has 0 aliphatic heterocycles. The molecule has 1 aromatic rings. The molecule has 0 fully saturated rings. The van der Waals surface area contributed by atoms with Gasteiger partial charge in [-0.1, -0.05) is 0 Å². The fourth-order valence-electron chi connectivity index (χ4n) is 1.50. The molecule has 1 rings (SSSR count). The topological polar surface area (TPSA) is 69.7 Å². The molecule has 0 saturated carbocycles. The van der Waals surface area contributed by atoms with Gasteiger partial charge in [0.25, 0.3) is 11.7 Å². The van der Waals surface area contributed by atoms with Gasteiger partial charge >= 0.3 is 0 Å². The van der Waals surface area contributed by atoms with Crippen LogP contribution in [0.5, 0.6) is 5.88 Å². The normalized spacial score (nSPS) is 11.1. The average Bonchev–Trinajstić information content (AvgIpc) is 2.41. The number of hydrogen-bond donors (Lipinski definition) is 1. The van der Waals surface area contributed by atoms with Gasteiger partial charge in [-0.25, -0.2) is 4.98 Å². The number of aromatic nitrogens is 1. The molecule has 6 nitrogen and oxygen atoms in total. The summed E-state index contributed by atoms with van der Waals surface area (Å²) < 4.78 is 15.3. The molecule has 0 aliphatic rings. The van der Waals surface area contributed by atoms with Crippen LogP contribution >= 0.6 is 0 Å². The van der Waals surface area contributed by atoms with E-state index in [2.05, 4.69) is 10.3 Å². The van der Waals surface area contributed by atoms with Gasteiger partial charge in [-0.15, -0.1) is 0 Å². The zero-order valence-corrected chi connectivity index (χ0v) is 10.3. The molecule has 1 aromatic heterocycles. The van der Waals surface area contributed by atoms with Gasteiger partial charge in [0.2, 0.25) is 5.88 Å². The van der Waals surface area contributed by atoms with Crippen molar-refractivity contribution in [2.24, 2.45) is 0 Å². The van der Waals surface area contributed by atoms with Gasteiger partial charge in [-0.3, -0.25) is 4.79 Å². The van der Waals surface area contributed by atoms with E-state index in [0.29, 0.717) is 11.4 Å². The summed E-state index contributed by atoms with van der Waals surface area (Å²) in [5.41, 5.74) is 0.489. The SMILES string of the molecule is CNC(=O)C(OC)(OC)c1ccc(OC)nc1. The molecule has 0 unspecified atom stereocenters. The van der Waals surface area contributed by atoms with Crippen molar-refractivity contribution in [3.05, 3.63) is 23.9 Å². The quantitative estimate of drug-likeness (QED) is 0.749. The van der Waals surface area contributed by atoms with Gasteiger partial charge in [0.05, 0.1) is 7.11 Å². The minimum Gasteiger partial charge on any atom is -0.481 e. The standard InChI is InChI=1S/C11H16N2O4/c1-12-10(14)11(16-3,17-4)8-5-6-9(15-2)13-7-8/h5-7H,1-4H3,(H,12,14). The van der Waals surface area contributed by atoms with Crippen molar-refractivity contribution in [2.45, 2.75) is 5.79 Å². The first-order chi connectivity index (χ1) is 8.14. The van der Waals surface area contributed by atoms with E-state index in [-0.39, 0.29) is 0 Å². The molecule has 17 heavy (non-hydrogen) atoms. The Hall–Kier alpha value is -1.66. The predicted molar refractivity (Wildman–Crippen MR) is 60.6 cm³/mol. The highest BCUT2D eigenvalue weighted by Gasteiger charge is 2.40. The molecule has 0 spiro atoms. The molecule has 0 aromatic carbocycles. The van der Waals surface area contributed by atoms with Gasteiger partial charge in [0.15, 0.2) is 0 Å². The van der Waals surface area contributed by atoms with Crippen molar-refractivity contribution >= 4 is 5.91 Å². The van der Waals surface area contributed by atoms with E-state index < -0.39 is 11.7 Å². The Morgan fingerprint density at radius 1 is 1.29 bits per heavy atom. The smallest absolute Gasteiger partial charge is 0.285 e. The first kappa shape index (κ1) is 13.4. The summed E-state index contributed by atoms with van der Waals surface area (Å²) in [6.45, 7) is 0. The van der Waals surface area contributed by atoms with E-state index in [9.17, 15) is 4.79 Å². The predicted octanol–water partition coefficient (Wildman–Crippen LogP) is 0.282. The number of ether oxygens (including phenoxy) is 3. The number of nitrogens with one attached hydrogen (secondary N) is 1. The minimum absolute atomic E-state index is 0.408. The van der Waals surface area contributed by atoms with E-state index in [0.717, 1.165) is 0 Å². The number of hydrogen-bond acceptors (Lipinski definition) is 5. The van der Waals surface area contributed by atoms with Gasteiger partial charge in [0.1, 0.15) is 0 Å². The number of amides is 1. The van der Waals surface area contributed by atoms with E-state index in [1.165, 1.54) is 34.6 Å². The van der Waals surface area contributed by atoms with Crippen LogP contribution in [0.1, 0.15) is 5.56 Å². The monoisotopic (exact) mass is 240 g/mol. The number of carbonyl (C=O) groups excluding carboxylic acids is 1. The lowest BCUT2D eigenvalue weighted by atomic mass is 10.1. The fourth-order valence-corrected chi connectivity index (χ4v) is 1.50. The highest BCUT2D eigenvalue weighted by molar-refractivity contribution is 5.84. The first-order valence-corrected chi connectivity index (χ1v) is 4.97. The van der Waals surface area contributed by atoms with Crippen molar-refractivity contribution < 1.29 is 19.0 Å². The number of rotatable bonds is 5. The number of nitrogens with zero attached hydrogens (tertiary/aromatic N) is 1. The van der Waals surface area contributed by atoms with Gasteiger partial charge in [-0.2, -0.15) is 0 Å². The molecule has 0 atom stereocenters. The van der Waals surface area contributed by atoms with Crippen molar-refractivity contribution in [1.82, 2.24) is 10.3 Å². The fraction of sp³-hybridized carbons (Fsp3) is 0.455. The maximum atomic E-state index is 11.8. The van der Waals surface area contributed by atoms with Crippen molar-refractivity contribution in [1.29, 1.82) is 0 Å². The third-order valence-electron chi connectivity index (χ3n) is 2.43. The van der Waals surface area contributed by atoms with Gasteiger partial charge < -0.3 is 19.5 Å². The van der Waals surface area contributed by atoms with Crippen molar-refractivity contribution in [3.8, 4) is 5.88 Å². The van der Waals surface area contributed by atoms with E-state index in [1.54, 1.807) is 12.1 Å². The third-order valence-corrected chi connectivity index (χ3v) is 2.43. The van der Waals surface area contributed by atoms with E-state index >= 15 is 0 Å². The first-order valence-electron chi connectivity index (χ1n) is 4.97. The molecule has 0 radical (unpaired) electrons. The Morgan fingerprint density at radius 3 is 2.29 bits per heavy atom. The summed E-state index contributed by atoms with van der Waals surface area (Å²) in [5.74, 6) is -1.45. The summed E-state index contributed by atoms with van der Waals surface area (Å²) in [6.07, 6.45) is 1.47. The van der Waals surface area contributed by atoms with Crippen molar-refractivity contribution in [3.63, 3.8) is 0 Å². The second-order valence-corrected chi connectivity index (χ2v) is 3.19. The maximum absolute atomic E-state index is 11.8. The number of pyridine rings is 1. The summed E-state index contributed by atoms with van der Waals surface area (Å²) in [7, 11) is 5.80. The number of methoxy groups -OCH3 is 3. The van der Waals surface area contributed by atoms with Crippen LogP contribution in [-0.2, 0) is 20.1 Å². The van der Waals surface area contributed by atoms with Crippen LogP contribution in [0.25, 0.3) is 0 Å². The summed E-state index contributed by atoms with van der Waals surface area (Å²) in [5, 5.41) is 2.49. The molecule has 1 N–H and O–H groups in total. The molecular formula is C11H16N2O4. The van der Waals surface area contributed by atoms with E-state index in [1.807, 2.05) is 0 Å². The van der Waals surface area contributed by atoms with Crippen LogP contribution in [0, 0.1) is 0 Å². The molecule has 1 amide bonds. The molecule has 6 heteroatoms. The number of carbonyl (C=O) groups is 1. The highest BCUT2D eigenvalue weighted by atomic mass is 16.7. The Labute approximate surface area is 99.9 Å². The third kappa shape index (κ3) is 2.37. The zero-order chi connectivity index (χ0) is 12.9. The highest BCUT2D eigenvalue weighted by Crippen LogP contribution is 2.26. The van der Waals surface area contributed by atoms with Crippen LogP contribution in [0.3, 0.4) is 0 Å². The van der Waals surface area contributed by atoms with Crippen LogP contribution in [0.15, 0.2) is 18.3 Å². The zero-order valence-electron chi connectivity index (χ0n) is 10.3. The molecule has 0 aliphatic carbocycles. The van der Waals surface area contributed by atoms with Crippen LogP contribution < -0.4 is 10.1 Å². The lowest BCUT2D eigenvalue weighted by Crippen LogP contribution is -2.46. The summed E-state index contributed by atoms with van der Waals surface area (Å²) in [4.78, 5) is 15.8. The largest absolute Gasteiger partial charge is 0.481 e. The average molecular weight is 240 g/mol. The van der Waals surface area contributed by atoms with Gasteiger partial charge in [-0.05, 0) is 6.07 Å². The minimum atomic E-state index is -1.49. The molecule has 0 saturated heterocycles. The van der Waals surface area contributed by atoms with E-state index in [4.69, 9.17) is 14.2 Å².